The quantitative estimate of drug-likeness (QED) is 0.503. The number of rotatable bonds is 4. The number of aryl methyl sites for hydroxylation is 1. The van der Waals surface area contributed by atoms with Crippen LogP contribution in [0.5, 0.6) is 0 Å². The number of benzene rings is 3. The van der Waals surface area contributed by atoms with Crippen LogP contribution in [0.15, 0.2) is 89.9 Å². The smallest absolute Gasteiger partial charge is 0.200 e. The fourth-order valence-electron chi connectivity index (χ4n) is 3.27. The predicted molar refractivity (Wildman–Crippen MR) is 108 cm³/mol. The minimum absolute atomic E-state index is 0.201. The third kappa shape index (κ3) is 3.32. The molecule has 27 heavy (non-hydrogen) atoms. The van der Waals surface area contributed by atoms with Gasteiger partial charge in [0.05, 0.1) is 11.1 Å². The molecule has 0 fully saturated rings. The molecule has 0 spiro atoms. The van der Waals surface area contributed by atoms with E-state index in [4.69, 9.17) is 0 Å². The summed E-state index contributed by atoms with van der Waals surface area (Å²) in [6, 6.07) is 24.7. The highest BCUT2D eigenvalue weighted by Crippen LogP contribution is 2.16. The number of carbonyl (C=O) groups is 1. The van der Waals surface area contributed by atoms with Gasteiger partial charge in [0.25, 0.3) is 0 Å². The Bertz CT molecular complexity index is 1170. The summed E-state index contributed by atoms with van der Waals surface area (Å²) in [7, 11) is 0. The fraction of sp³-hybridized carbons (Fsp3) is 0.0833. The standard InChI is InChI=1S/C24H19NO2/c1-17-11-13-18(14-12-17)15-25-16-21(23(26)19-7-3-2-4-8-19)24(27)20-9-5-6-10-22(20)25/h2-14,16H,15H2,1H3. The summed E-state index contributed by atoms with van der Waals surface area (Å²) in [6.45, 7) is 2.64. The van der Waals surface area contributed by atoms with Crippen molar-refractivity contribution in [2.24, 2.45) is 0 Å². The van der Waals surface area contributed by atoms with E-state index in [-0.39, 0.29) is 16.8 Å². The van der Waals surface area contributed by atoms with E-state index in [1.165, 1.54) is 5.56 Å². The highest BCUT2D eigenvalue weighted by molar-refractivity contribution is 6.10. The molecular formula is C24H19NO2. The van der Waals surface area contributed by atoms with Crippen molar-refractivity contribution in [3.05, 3.63) is 118 Å². The lowest BCUT2D eigenvalue weighted by Gasteiger charge is -2.13. The van der Waals surface area contributed by atoms with E-state index >= 15 is 0 Å². The molecule has 3 aromatic carbocycles. The average Bonchev–Trinajstić information content (AvgIpc) is 2.72. The molecule has 132 valence electrons. The fourth-order valence-corrected chi connectivity index (χ4v) is 3.27. The summed E-state index contributed by atoms with van der Waals surface area (Å²) in [6.07, 6.45) is 1.69. The van der Waals surface area contributed by atoms with Crippen LogP contribution in [0.25, 0.3) is 10.9 Å². The molecule has 0 bridgehead atoms. The number of ketones is 1. The molecule has 1 aromatic heterocycles. The van der Waals surface area contributed by atoms with Gasteiger partial charge in [-0.05, 0) is 24.6 Å². The van der Waals surface area contributed by atoms with Gasteiger partial charge in [0.1, 0.15) is 0 Å². The summed E-state index contributed by atoms with van der Waals surface area (Å²) < 4.78 is 1.98. The zero-order valence-electron chi connectivity index (χ0n) is 15.1. The third-order valence-electron chi connectivity index (χ3n) is 4.74. The molecule has 0 amide bonds. The second kappa shape index (κ2) is 7.04. The summed E-state index contributed by atoms with van der Waals surface area (Å²) in [4.78, 5) is 25.9. The predicted octanol–water partition coefficient (Wildman–Crippen LogP) is 4.59. The Kier molecular flexibility index (Phi) is 4.43. The van der Waals surface area contributed by atoms with Crippen molar-refractivity contribution < 1.29 is 4.79 Å². The molecular weight excluding hydrogens is 334 g/mol. The SMILES string of the molecule is Cc1ccc(Cn2cc(C(=O)c3ccccc3)c(=O)c3ccccc32)cc1. The number of hydrogen-bond donors (Lipinski definition) is 0. The topological polar surface area (TPSA) is 39.1 Å². The van der Waals surface area contributed by atoms with Gasteiger partial charge in [-0.1, -0.05) is 72.3 Å². The number of fused-ring (bicyclic) bond motifs is 1. The van der Waals surface area contributed by atoms with Crippen molar-refractivity contribution in [2.45, 2.75) is 13.5 Å². The zero-order valence-corrected chi connectivity index (χ0v) is 15.1. The molecule has 1 heterocycles. The van der Waals surface area contributed by atoms with E-state index in [9.17, 15) is 9.59 Å². The van der Waals surface area contributed by atoms with Crippen LogP contribution in [0.1, 0.15) is 27.0 Å². The van der Waals surface area contributed by atoms with E-state index in [1.807, 2.05) is 28.8 Å². The molecule has 3 heteroatoms. The Labute approximate surface area is 157 Å². The minimum Gasteiger partial charge on any atom is -0.342 e. The second-order valence-corrected chi connectivity index (χ2v) is 6.70. The van der Waals surface area contributed by atoms with Gasteiger partial charge in [-0.2, -0.15) is 0 Å². The Morgan fingerprint density at radius 3 is 2.26 bits per heavy atom. The largest absolute Gasteiger partial charge is 0.342 e. The first-order valence-electron chi connectivity index (χ1n) is 8.91. The Morgan fingerprint density at radius 2 is 1.52 bits per heavy atom. The third-order valence-corrected chi connectivity index (χ3v) is 4.74. The molecule has 0 radical (unpaired) electrons. The van der Waals surface area contributed by atoms with Crippen LogP contribution in [-0.4, -0.2) is 10.4 Å². The number of pyridine rings is 1. The normalized spacial score (nSPS) is 10.9. The van der Waals surface area contributed by atoms with Gasteiger partial charge in [-0.15, -0.1) is 0 Å². The monoisotopic (exact) mass is 353 g/mol. The van der Waals surface area contributed by atoms with Crippen molar-refractivity contribution >= 4 is 16.7 Å². The van der Waals surface area contributed by atoms with Crippen LogP contribution in [-0.2, 0) is 6.54 Å². The van der Waals surface area contributed by atoms with Gasteiger partial charge >= 0.3 is 0 Å². The summed E-state index contributed by atoms with van der Waals surface area (Å²) in [5, 5.41) is 0.561. The lowest BCUT2D eigenvalue weighted by molar-refractivity contribution is 0.103. The van der Waals surface area contributed by atoms with E-state index in [2.05, 4.69) is 31.2 Å². The molecule has 0 N–H and O–H groups in total. The number of carbonyl (C=O) groups excluding carboxylic acids is 1. The molecule has 0 aliphatic heterocycles. The van der Waals surface area contributed by atoms with Crippen LogP contribution in [0.4, 0.5) is 0 Å². The maximum absolute atomic E-state index is 13.0. The van der Waals surface area contributed by atoms with Crippen LogP contribution in [0.2, 0.25) is 0 Å². The van der Waals surface area contributed by atoms with Crippen molar-refractivity contribution in [3.63, 3.8) is 0 Å². The van der Waals surface area contributed by atoms with Crippen molar-refractivity contribution in [1.82, 2.24) is 4.57 Å². The molecule has 0 unspecified atom stereocenters. The van der Waals surface area contributed by atoms with Crippen LogP contribution >= 0.6 is 0 Å². The molecule has 0 aliphatic rings. The molecule has 0 saturated heterocycles. The maximum atomic E-state index is 13.0. The van der Waals surface area contributed by atoms with Crippen molar-refractivity contribution in [2.75, 3.05) is 0 Å². The molecule has 0 aliphatic carbocycles. The van der Waals surface area contributed by atoms with Gasteiger partial charge < -0.3 is 4.57 Å². The molecule has 4 aromatic rings. The van der Waals surface area contributed by atoms with Gasteiger partial charge in [-0.3, -0.25) is 9.59 Å². The van der Waals surface area contributed by atoms with Gasteiger partial charge in [0.15, 0.2) is 5.78 Å². The van der Waals surface area contributed by atoms with Crippen molar-refractivity contribution in [3.8, 4) is 0 Å². The number of nitrogens with zero attached hydrogens (tertiary/aromatic N) is 1. The van der Waals surface area contributed by atoms with Crippen LogP contribution in [0.3, 0.4) is 0 Å². The van der Waals surface area contributed by atoms with E-state index in [0.717, 1.165) is 11.1 Å². The molecule has 0 saturated carbocycles. The van der Waals surface area contributed by atoms with E-state index in [0.29, 0.717) is 17.5 Å². The highest BCUT2D eigenvalue weighted by atomic mass is 16.1. The summed E-state index contributed by atoms with van der Waals surface area (Å²) in [5.74, 6) is -0.246. The maximum Gasteiger partial charge on any atom is 0.200 e. The lowest BCUT2D eigenvalue weighted by Crippen LogP contribution is -2.20. The Morgan fingerprint density at radius 1 is 0.852 bits per heavy atom. The Hall–Kier alpha value is -3.46. The number of aromatic nitrogens is 1. The van der Waals surface area contributed by atoms with Gasteiger partial charge in [-0.25, -0.2) is 0 Å². The first-order chi connectivity index (χ1) is 13.1. The molecule has 4 rings (SSSR count). The first kappa shape index (κ1) is 17.0. The van der Waals surface area contributed by atoms with Crippen LogP contribution in [0, 0.1) is 6.92 Å². The summed E-state index contributed by atoms with van der Waals surface area (Å²) in [5.41, 5.74) is 3.64. The summed E-state index contributed by atoms with van der Waals surface area (Å²) >= 11 is 0. The number of para-hydroxylation sites is 1. The van der Waals surface area contributed by atoms with Gasteiger partial charge in [0.2, 0.25) is 5.43 Å². The first-order valence-corrected chi connectivity index (χ1v) is 8.91. The van der Waals surface area contributed by atoms with E-state index in [1.54, 1.807) is 36.5 Å². The lowest BCUT2D eigenvalue weighted by atomic mass is 10.0. The molecule has 0 atom stereocenters. The Balaban J connectivity index is 1.88. The van der Waals surface area contributed by atoms with Crippen LogP contribution < -0.4 is 5.43 Å². The second-order valence-electron chi connectivity index (χ2n) is 6.70. The highest BCUT2D eigenvalue weighted by Gasteiger charge is 2.17. The van der Waals surface area contributed by atoms with E-state index < -0.39 is 0 Å². The molecule has 3 nitrogen and oxygen atoms in total. The minimum atomic E-state index is -0.246. The number of hydrogen-bond acceptors (Lipinski definition) is 2. The van der Waals surface area contributed by atoms with Crippen molar-refractivity contribution in [1.29, 1.82) is 0 Å². The zero-order chi connectivity index (χ0) is 18.8. The average molecular weight is 353 g/mol. The van der Waals surface area contributed by atoms with Gasteiger partial charge in [0, 0.05) is 23.7 Å².